The maximum absolute atomic E-state index is 13.7. The number of nitrogens with zero attached hydrogens (tertiary/aromatic N) is 1. The summed E-state index contributed by atoms with van der Waals surface area (Å²) in [6.45, 7) is 0.293. The molecule has 0 aromatic heterocycles. The van der Waals surface area contributed by atoms with Crippen molar-refractivity contribution in [1.82, 2.24) is 10.2 Å². The first-order valence-electron chi connectivity index (χ1n) is 8.54. The summed E-state index contributed by atoms with van der Waals surface area (Å²) in [4.78, 5) is 14.1. The zero-order valence-electron chi connectivity index (χ0n) is 14.2. The van der Waals surface area contributed by atoms with E-state index in [1.165, 1.54) is 17.0 Å². The summed E-state index contributed by atoms with van der Waals surface area (Å²) >= 11 is 0. The van der Waals surface area contributed by atoms with Crippen LogP contribution in [0.1, 0.15) is 30.0 Å². The third-order valence-electron chi connectivity index (χ3n) is 4.56. The van der Waals surface area contributed by atoms with Gasteiger partial charge in [-0.15, -0.1) is 0 Å². The molecule has 0 radical (unpaired) electrons. The lowest BCUT2D eigenvalue weighted by atomic mass is 9.99. The number of halogens is 1. The normalized spacial score (nSPS) is 16.1. The number of aliphatic hydroxyl groups is 1. The highest BCUT2D eigenvalue weighted by Crippen LogP contribution is 2.32. The van der Waals surface area contributed by atoms with Crippen molar-refractivity contribution in [1.29, 1.82) is 0 Å². The third-order valence-corrected chi connectivity index (χ3v) is 4.56. The third kappa shape index (κ3) is 4.57. The van der Waals surface area contributed by atoms with Gasteiger partial charge in [0.2, 0.25) is 0 Å². The number of hydrogen-bond donors (Lipinski definition) is 2. The van der Waals surface area contributed by atoms with Gasteiger partial charge in [-0.25, -0.2) is 9.18 Å². The molecule has 0 bridgehead atoms. The molecule has 2 aromatic carbocycles. The molecule has 1 aliphatic carbocycles. The highest BCUT2D eigenvalue weighted by Gasteiger charge is 2.31. The van der Waals surface area contributed by atoms with E-state index in [1.54, 1.807) is 19.2 Å². The molecular formula is C20H23FN2O2. The van der Waals surface area contributed by atoms with Crippen molar-refractivity contribution < 1.29 is 14.3 Å². The largest absolute Gasteiger partial charge is 0.391 e. The van der Waals surface area contributed by atoms with Crippen molar-refractivity contribution >= 4 is 6.03 Å². The monoisotopic (exact) mass is 342 g/mol. The van der Waals surface area contributed by atoms with Crippen LogP contribution in [0.2, 0.25) is 0 Å². The van der Waals surface area contributed by atoms with Crippen LogP contribution in [0, 0.1) is 11.7 Å². The van der Waals surface area contributed by atoms with Gasteiger partial charge in [0.1, 0.15) is 5.82 Å². The Balaban J connectivity index is 1.76. The fourth-order valence-corrected chi connectivity index (χ4v) is 2.92. The van der Waals surface area contributed by atoms with E-state index >= 15 is 0 Å². The van der Waals surface area contributed by atoms with E-state index in [9.17, 15) is 14.3 Å². The Morgan fingerprint density at radius 2 is 1.88 bits per heavy atom. The van der Waals surface area contributed by atoms with Gasteiger partial charge in [0.15, 0.2) is 0 Å². The van der Waals surface area contributed by atoms with Crippen molar-refractivity contribution in [3.05, 3.63) is 71.5 Å². The summed E-state index contributed by atoms with van der Waals surface area (Å²) in [6, 6.07) is 14.9. The number of hydrogen-bond acceptors (Lipinski definition) is 2. The Kier molecular flexibility index (Phi) is 5.34. The number of benzene rings is 2. The highest BCUT2D eigenvalue weighted by molar-refractivity contribution is 5.75. The minimum atomic E-state index is -0.486. The fraction of sp³-hybridized carbons (Fsp3) is 0.350. The number of aliphatic hydroxyl groups excluding tert-OH is 1. The average Bonchev–Trinajstić information content (AvgIpc) is 3.45. The van der Waals surface area contributed by atoms with Gasteiger partial charge in [0.05, 0.1) is 12.1 Å². The van der Waals surface area contributed by atoms with Crippen molar-refractivity contribution in [2.24, 2.45) is 5.92 Å². The lowest BCUT2D eigenvalue weighted by molar-refractivity contribution is 0.113. The average molecular weight is 342 g/mol. The number of nitrogens with one attached hydrogen (secondary N) is 1. The van der Waals surface area contributed by atoms with Gasteiger partial charge in [-0.1, -0.05) is 42.5 Å². The van der Waals surface area contributed by atoms with Gasteiger partial charge in [-0.3, -0.25) is 0 Å². The molecule has 0 aliphatic heterocycles. The van der Waals surface area contributed by atoms with Crippen molar-refractivity contribution in [3.8, 4) is 0 Å². The first kappa shape index (κ1) is 17.4. The first-order valence-corrected chi connectivity index (χ1v) is 8.54. The SMILES string of the molecule is CN(CC(O)C1CC1)C(=O)NC(c1ccccc1)c1cccc(F)c1. The molecule has 4 nitrogen and oxygen atoms in total. The summed E-state index contributed by atoms with van der Waals surface area (Å²) in [6.07, 6.45) is 1.55. The molecule has 3 rings (SSSR count). The second-order valence-corrected chi connectivity index (χ2v) is 6.63. The molecule has 0 saturated heterocycles. The molecule has 25 heavy (non-hydrogen) atoms. The van der Waals surface area contributed by atoms with Gasteiger partial charge in [0.25, 0.3) is 0 Å². The Labute approximate surface area is 147 Å². The molecule has 2 amide bonds. The van der Waals surface area contributed by atoms with Crippen LogP contribution < -0.4 is 5.32 Å². The smallest absolute Gasteiger partial charge is 0.317 e. The van der Waals surface area contributed by atoms with E-state index < -0.39 is 12.1 Å². The second-order valence-electron chi connectivity index (χ2n) is 6.63. The van der Waals surface area contributed by atoms with E-state index in [-0.39, 0.29) is 11.8 Å². The number of amides is 2. The molecule has 1 aliphatic rings. The number of carbonyl (C=O) groups is 1. The van der Waals surface area contributed by atoms with Crippen LogP contribution in [0.25, 0.3) is 0 Å². The first-order chi connectivity index (χ1) is 12.0. The standard InChI is InChI=1S/C20H23FN2O2/c1-23(13-18(24)14-10-11-14)20(25)22-19(15-6-3-2-4-7-15)16-8-5-9-17(21)12-16/h2-9,12,14,18-19,24H,10-11,13H2,1H3,(H,22,25). The Bertz CT molecular complexity index is 719. The van der Waals surface area contributed by atoms with Gasteiger partial charge in [-0.2, -0.15) is 0 Å². The molecule has 132 valence electrons. The second kappa shape index (κ2) is 7.66. The van der Waals surface area contributed by atoms with Gasteiger partial charge < -0.3 is 15.3 Å². The molecule has 2 atom stereocenters. The lowest BCUT2D eigenvalue weighted by Crippen LogP contribution is -2.43. The molecule has 2 unspecified atom stereocenters. The van der Waals surface area contributed by atoms with Crippen LogP contribution in [0.15, 0.2) is 54.6 Å². The van der Waals surface area contributed by atoms with Crippen LogP contribution in [0.4, 0.5) is 9.18 Å². The zero-order chi connectivity index (χ0) is 17.8. The van der Waals surface area contributed by atoms with Crippen molar-refractivity contribution in [2.45, 2.75) is 25.0 Å². The Hall–Kier alpha value is -2.40. The molecular weight excluding hydrogens is 319 g/mol. The fourth-order valence-electron chi connectivity index (χ4n) is 2.92. The van der Waals surface area contributed by atoms with Crippen LogP contribution in [-0.4, -0.2) is 35.7 Å². The maximum atomic E-state index is 13.7. The summed E-state index contributed by atoms with van der Waals surface area (Å²) in [5, 5.41) is 13.0. The van der Waals surface area contributed by atoms with Crippen molar-refractivity contribution in [2.75, 3.05) is 13.6 Å². The van der Waals surface area contributed by atoms with E-state index in [2.05, 4.69) is 5.32 Å². The van der Waals surface area contributed by atoms with Gasteiger partial charge in [-0.05, 0) is 42.0 Å². The molecule has 2 N–H and O–H groups in total. The number of urea groups is 1. The summed E-state index contributed by atoms with van der Waals surface area (Å²) in [5.41, 5.74) is 1.55. The predicted molar refractivity (Wildman–Crippen MR) is 94.6 cm³/mol. The molecule has 1 saturated carbocycles. The van der Waals surface area contributed by atoms with Gasteiger partial charge in [0, 0.05) is 13.6 Å². The molecule has 5 heteroatoms. The van der Waals surface area contributed by atoms with Crippen LogP contribution in [-0.2, 0) is 0 Å². The summed E-state index contributed by atoms with van der Waals surface area (Å²) < 4.78 is 13.7. The molecule has 0 spiro atoms. The summed E-state index contributed by atoms with van der Waals surface area (Å²) in [5.74, 6) is -0.0337. The minimum absolute atomic E-state index is 0.293. The van der Waals surface area contributed by atoms with Crippen LogP contribution in [0.5, 0.6) is 0 Å². The zero-order valence-corrected chi connectivity index (χ0v) is 14.2. The van der Waals surface area contributed by atoms with Crippen LogP contribution in [0.3, 0.4) is 0 Å². The van der Waals surface area contributed by atoms with Crippen LogP contribution >= 0.6 is 0 Å². The maximum Gasteiger partial charge on any atom is 0.317 e. The van der Waals surface area contributed by atoms with E-state index in [0.717, 1.165) is 18.4 Å². The molecule has 2 aromatic rings. The number of rotatable bonds is 6. The predicted octanol–water partition coefficient (Wildman–Crippen LogP) is 3.33. The lowest BCUT2D eigenvalue weighted by Gasteiger charge is -2.26. The topological polar surface area (TPSA) is 52.6 Å². The number of carbonyl (C=O) groups excluding carboxylic acids is 1. The van der Waals surface area contributed by atoms with E-state index in [1.807, 2.05) is 30.3 Å². The Morgan fingerprint density at radius 3 is 2.52 bits per heavy atom. The highest BCUT2D eigenvalue weighted by atomic mass is 19.1. The molecule has 0 heterocycles. The summed E-state index contributed by atoms with van der Waals surface area (Å²) in [7, 11) is 1.66. The van der Waals surface area contributed by atoms with E-state index in [0.29, 0.717) is 18.0 Å². The quantitative estimate of drug-likeness (QED) is 0.846. The Morgan fingerprint density at radius 1 is 1.20 bits per heavy atom. The van der Waals surface area contributed by atoms with E-state index in [4.69, 9.17) is 0 Å². The molecule has 1 fully saturated rings. The van der Waals surface area contributed by atoms with Crippen molar-refractivity contribution in [3.63, 3.8) is 0 Å². The van der Waals surface area contributed by atoms with Gasteiger partial charge >= 0.3 is 6.03 Å². The number of likely N-dealkylation sites (N-methyl/N-ethyl adjacent to an activating group) is 1. The minimum Gasteiger partial charge on any atom is -0.391 e.